The monoisotopic (exact) mass is 258 g/mol. The van der Waals surface area contributed by atoms with Gasteiger partial charge in [-0.3, -0.25) is 0 Å². The molecule has 3 rings (SSSR count). The number of fused-ring (bicyclic) bond motifs is 1. The zero-order chi connectivity index (χ0) is 12.5. The van der Waals surface area contributed by atoms with E-state index in [2.05, 4.69) is 39.0 Å². The summed E-state index contributed by atoms with van der Waals surface area (Å²) in [6.45, 7) is 2.89. The summed E-state index contributed by atoms with van der Waals surface area (Å²) < 4.78 is 2.06. The van der Waals surface area contributed by atoms with E-state index in [9.17, 15) is 0 Å². The van der Waals surface area contributed by atoms with Crippen LogP contribution in [0.15, 0.2) is 29.1 Å². The first-order valence-corrected chi connectivity index (χ1v) is 6.78. The molecule has 3 aromatic rings. The van der Waals surface area contributed by atoms with Gasteiger partial charge < -0.3 is 10.3 Å². The van der Waals surface area contributed by atoms with E-state index in [-0.39, 0.29) is 0 Å². The lowest BCUT2D eigenvalue weighted by molar-refractivity contribution is 0.716. The molecule has 0 radical (unpaired) electrons. The molecule has 2 N–H and O–H groups in total. The third kappa shape index (κ3) is 1.97. The number of nitrogen functional groups attached to an aromatic ring is 1. The van der Waals surface area contributed by atoms with Gasteiger partial charge in [0, 0.05) is 18.3 Å². The summed E-state index contributed by atoms with van der Waals surface area (Å²) >= 11 is 1.62. The zero-order valence-electron chi connectivity index (χ0n) is 10.1. The summed E-state index contributed by atoms with van der Waals surface area (Å²) in [6.07, 6.45) is 0.882. The van der Waals surface area contributed by atoms with Gasteiger partial charge in [-0.15, -0.1) is 11.3 Å². The predicted molar refractivity (Wildman–Crippen MR) is 74.7 cm³/mol. The van der Waals surface area contributed by atoms with Crippen molar-refractivity contribution in [1.82, 2.24) is 14.5 Å². The molecule has 5 heteroatoms. The van der Waals surface area contributed by atoms with Crippen molar-refractivity contribution in [2.75, 3.05) is 5.73 Å². The molecule has 0 spiro atoms. The molecule has 0 unspecified atom stereocenters. The first kappa shape index (κ1) is 11.2. The molecule has 1 aromatic carbocycles. The SMILES string of the molecule is Cc1ccc2nc(N)n(CCc3cscn3)c2c1. The molecule has 0 saturated heterocycles. The van der Waals surface area contributed by atoms with Crippen molar-refractivity contribution in [2.45, 2.75) is 19.9 Å². The van der Waals surface area contributed by atoms with Crippen molar-refractivity contribution < 1.29 is 0 Å². The molecular weight excluding hydrogens is 244 g/mol. The molecule has 92 valence electrons. The molecule has 0 amide bonds. The molecule has 4 nitrogen and oxygen atoms in total. The quantitative estimate of drug-likeness (QED) is 0.785. The van der Waals surface area contributed by atoms with Gasteiger partial charge in [0.25, 0.3) is 0 Å². The average Bonchev–Trinajstić information content (AvgIpc) is 2.94. The lowest BCUT2D eigenvalue weighted by Gasteiger charge is -2.05. The maximum atomic E-state index is 5.98. The van der Waals surface area contributed by atoms with Crippen molar-refractivity contribution in [1.29, 1.82) is 0 Å². The number of aromatic nitrogens is 3. The minimum absolute atomic E-state index is 0.575. The van der Waals surface area contributed by atoms with Crippen molar-refractivity contribution in [2.24, 2.45) is 0 Å². The van der Waals surface area contributed by atoms with Crippen LogP contribution in [-0.2, 0) is 13.0 Å². The second kappa shape index (κ2) is 4.42. The smallest absolute Gasteiger partial charge is 0.201 e. The van der Waals surface area contributed by atoms with Crippen LogP contribution in [0.1, 0.15) is 11.3 Å². The fraction of sp³-hybridized carbons (Fsp3) is 0.231. The number of nitrogens with two attached hydrogens (primary N) is 1. The van der Waals surface area contributed by atoms with Crippen LogP contribution in [-0.4, -0.2) is 14.5 Å². The number of anilines is 1. The van der Waals surface area contributed by atoms with Crippen LogP contribution < -0.4 is 5.73 Å². The van der Waals surface area contributed by atoms with Crippen molar-refractivity contribution in [3.8, 4) is 0 Å². The maximum Gasteiger partial charge on any atom is 0.201 e. The Labute approximate surface area is 109 Å². The van der Waals surface area contributed by atoms with E-state index >= 15 is 0 Å². The largest absolute Gasteiger partial charge is 0.369 e. The first-order valence-electron chi connectivity index (χ1n) is 5.83. The highest BCUT2D eigenvalue weighted by atomic mass is 32.1. The highest BCUT2D eigenvalue weighted by Gasteiger charge is 2.08. The van der Waals surface area contributed by atoms with Crippen molar-refractivity contribution in [3.05, 3.63) is 40.3 Å². The van der Waals surface area contributed by atoms with Crippen LogP contribution >= 0.6 is 11.3 Å². The highest BCUT2D eigenvalue weighted by molar-refractivity contribution is 7.07. The standard InChI is InChI=1S/C13H14N4S/c1-9-2-3-11-12(6-9)17(13(14)16-11)5-4-10-7-18-8-15-10/h2-3,6-8H,4-5H2,1H3,(H2,14,16). The van der Waals surface area contributed by atoms with Gasteiger partial charge in [-0.25, -0.2) is 9.97 Å². The van der Waals surface area contributed by atoms with Crippen LogP contribution in [0.5, 0.6) is 0 Å². The Morgan fingerprint density at radius 1 is 1.39 bits per heavy atom. The third-order valence-electron chi connectivity index (χ3n) is 3.01. The number of hydrogen-bond donors (Lipinski definition) is 1. The first-order chi connectivity index (χ1) is 8.74. The Bertz CT molecular complexity index is 670. The van der Waals surface area contributed by atoms with Gasteiger partial charge in [0.1, 0.15) is 0 Å². The summed E-state index contributed by atoms with van der Waals surface area (Å²) in [6, 6.07) is 6.19. The van der Waals surface area contributed by atoms with Crippen LogP contribution in [0.25, 0.3) is 11.0 Å². The summed E-state index contributed by atoms with van der Waals surface area (Å²) in [7, 11) is 0. The lowest BCUT2D eigenvalue weighted by Crippen LogP contribution is -2.05. The third-order valence-corrected chi connectivity index (χ3v) is 3.64. The minimum atomic E-state index is 0.575. The van der Waals surface area contributed by atoms with E-state index in [1.165, 1.54) is 5.56 Å². The van der Waals surface area contributed by atoms with Gasteiger partial charge in [0.2, 0.25) is 5.95 Å². The Morgan fingerprint density at radius 2 is 2.28 bits per heavy atom. The number of rotatable bonds is 3. The van der Waals surface area contributed by atoms with Crippen LogP contribution in [0, 0.1) is 6.92 Å². The van der Waals surface area contributed by atoms with Crippen molar-refractivity contribution >= 4 is 28.3 Å². The van der Waals surface area contributed by atoms with E-state index in [0.29, 0.717) is 5.95 Å². The number of benzene rings is 1. The number of hydrogen-bond acceptors (Lipinski definition) is 4. The zero-order valence-corrected chi connectivity index (χ0v) is 10.9. The molecule has 0 bridgehead atoms. The second-order valence-electron chi connectivity index (χ2n) is 4.34. The molecule has 2 aromatic heterocycles. The Kier molecular flexibility index (Phi) is 2.76. The average molecular weight is 258 g/mol. The molecule has 0 aliphatic carbocycles. The maximum absolute atomic E-state index is 5.98. The Hall–Kier alpha value is -1.88. The number of imidazole rings is 1. The fourth-order valence-electron chi connectivity index (χ4n) is 2.07. The van der Waals surface area contributed by atoms with Gasteiger partial charge in [0.15, 0.2) is 0 Å². The Morgan fingerprint density at radius 3 is 3.06 bits per heavy atom. The lowest BCUT2D eigenvalue weighted by atomic mass is 10.2. The molecule has 0 aliphatic heterocycles. The Balaban J connectivity index is 1.95. The summed E-state index contributed by atoms with van der Waals surface area (Å²) in [5, 5.41) is 2.07. The van der Waals surface area contributed by atoms with Gasteiger partial charge in [0.05, 0.1) is 22.2 Å². The molecule has 2 heterocycles. The minimum Gasteiger partial charge on any atom is -0.369 e. The van der Waals surface area contributed by atoms with E-state index in [0.717, 1.165) is 29.7 Å². The molecule has 0 atom stereocenters. The van der Waals surface area contributed by atoms with Gasteiger partial charge in [-0.05, 0) is 24.6 Å². The van der Waals surface area contributed by atoms with Crippen LogP contribution in [0.3, 0.4) is 0 Å². The second-order valence-corrected chi connectivity index (χ2v) is 5.06. The highest BCUT2D eigenvalue weighted by Crippen LogP contribution is 2.19. The van der Waals surface area contributed by atoms with Crippen LogP contribution in [0.4, 0.5) is 5.95 Å². The molecule has 0 saturated carbocycles. The topological polar surface area (TPSA) is 56.7 Å². The normalized spacial score (nSPS) is 11.2. The number of thiazole rings is 1. The van der Waals surface area contributed by atoms with Crippen molar-refractivity contribution in [3.63, 3.8) is 0 Å². The van der Waals surface area contributed by atoms with E-state index in [4.69, 9.17) is 5.73 Å². The van der Waals surface area contributed by atoms with Gasteiger partial charge in [-0.1, -0.05) is 6.07 Å². The number of aryl methyl sites for hydroxylation is 3. The molecule has 18 heavy (non-hydrogen) atoms. The van der Waals surface area contributed by atoms with Gasteiger partial charge >= 0.3 is 0 Å². The van der Waals surface area contributed by atoms with E-state index in [1.807, 2.05) is 11.6 Å². The summed E-state index contributed by atoms with van der Waals surface area (Å²) in [5.41, 5.74) is 12.2. The predicted octanol–water partition coefficient (Wildman–Crippen LogP) is 2.63. The molecule has 0 fully saturated rings. The van der Waals surface area contributed by atoms with E-state index in [1.54, 1.807) is 11.3 Å². The number of nitrogens with zero attached hydrogens (tertiary/aromatic N) is 3. The van der Waals surface area contributed by atoms with Gasteiger partial charge in [-0.2, -0.15) is 0 Å². The van der Waals surface area contributed by atoms with E-state index < -0.39 is 0 Å². The molecular formula is C13H14N4S. The summed E-state index contributed by atoms with van der Waals surface area (Å²) in [4.78, 5) is 8.66. The molecule has 0 aliphatic rings. The fourth-order valence-corrected chi connectivity index (χ4v) is 2.67. The summed E-state index contributed by atoms with van der Waals surface area (Å²) in [5.74, 6) is 0.575. The van der Waals surface area contributed by atoms with Crippen LogP contribution in [0.2, 0.25) is 0 Å².